The molecule has 0 radical (unpaired) electrons. The van der Waals surface area contributed by atoms with E-state index in [1.165, 1.54) is 11.1 Å². The molecule has 104 valence electrons. The predicted molar refractivity (Wildman–Crippen MR) is 85.3 cm³/mol. The molecule has 2 aromatic rings. The van der Waals surface area contributed by atoms with Crippen molar-refractivity contribution in [2.24, 2.45) is 0 Å². The lowest BCUT2D eigenvalue weighted by Gasteiger charge is -2.23. The Bertz CT molecular complexity index is 606. The van der Waals surface area contributed by atoms with Crippen LogP contribution in [0.25, 0.3) is 11.1 Å². The third-order valence-corrected chi connectivity index (χ3v) is 4.20. The van der Waals surface area contributed by atoms with Gasteiger partial charge < -0.3 is 0 Å². The van der Waals surface area contributed by atoms with Crippen LogP contribution < -0.4 is 0 Å². The molecule has 0 fully saturated rings. The lowest BCUT2D eigenvalue weighted by molar-refractivity contribution is 0.112. The van der Waals surface area contributed by atoms with Crippen LogP contribution in [0.1, 0.15) is 48.7 Å². The minimum atomic E-state index is 0.193. The Balaban J connectivity index is 2.45. The van der Waals surface area contributed by atoms with Crippen LogP contribution in [0.3, 0.4) is 0 Å². The normalized spacial score (nSPS) is 11.4. The third-order valence-electron chi connectivity index (χ3n) is 4.20. The second-order valence-corrected chi connectivity index (χ2v) is 6.02. The van der Waals surface area contributed by atoms with Crippen molar-refractivity contribution < 1.29 is 4.79 Å². The topological polar surface area (TPSA) is 17.1 Å². The zero-order chi connectivity index (χ0) is 14.8. The van der Waals surface area contributed by atoms with E-state index >= 15 is 0 Å². The van der Waals surface area contributed by atoms with E-state index in [0.29, 0.717) is 0 Å². The highest BCUT2D eigenvalue weighted by atomic mass is 16.1. The van der Waals surface area contributed by atoms with Gasteiger partial charge in [-0.25, -0.2) is 0 Å². The number of carbonyl (C=O) groups is 1. The summed E-state index contributed by atoms with van der Waals surface area (Å²) in [6.07, 6.45) is 2.04. The average molecular weight is 266 g/mol. The summed E-state index contributed by atoms with van der Waals surface area (Å²) in [7, 11) is 0. The first-order valence-corrected chi connectivity index (χ1v) is 7.14. The summed E-state index contributed by atoms with van der Waals surface area (Å²) in [5.41, 5.74) is 5.57. The molecule has 0 spiro atoms. The van der Waals surface area contributed by atoms with Gasteiger partial charge in [-0.15, -0.1) is 0 Å². The van der Waals surface area contributed by atoms with Crippen molar-refractivity contribution in [1.82, 2.24) is 0 Å². The molecule has 0 amide bonds. The first-order chi connectivity index (χ1) is 9.47. The number of rotatable bonds is 4. The molecule has 0 N–H and O–H groups in total. The number of benzene rings is 2. The van der Waals surface area contributed by atoms with Crippen molar-refractivity contribution in [3.05, 3.63) is 59.2 Å². The molecule has 1 nitrogen and oxygen atoms in total. The zero-order valence-corrected chi connectivity index (χ0v) is 12.7. The maximum Gasteiger partial charge on any atom is 0.150 e. The molecular weight excluding hydrogens is 244 g/mol. The molecule has 2 rings (SSSR count). The van der Waals surface area contributed by atoms with E-state index in [9.17, 15) is 4.79 Å². The molecule has 0 aliphatic carbocycles. The van der Waals surface area contributed by atoms with Crippen LogP contribution in [0.2, 0.25) is 0 Å². The monoisotopic (exact) mass is 266 g/mol. The van der Waals surface area contributed by atoms with Gasteiger partial charge in [-0.2, -0.15) is 0 Å². The van der Waals surface area contributed by atoms with Crippen LogP contribution in [0.4, 0.5) is 0 Å². The summed E-state index contributed by atoms with van der Waals surface area (Å²) < 4.78 is 0. The van der Waals surface area contributed by atoms with Gasteiger partial charge in [0.25, 0.3) is 0 Å². The molecule has 0 aliphatic heterocycles. The molecule has 0 unspecified atom stereocenters. The van der Waals surface area contributed by atoms with E-state index in [-0.39, 0.29) is 5.41 Å². The summed E-state index contributed by atoms with van der Waals surface area (Å²) in [5.74, 6) is 0. The van der Waals surface area contributed by atoms with E-state index in [1.807, 2.05) is 19.1 Å². The standard InChI is InChI=1S/C19H22O/c1-5-19(3,4)17-10-8-15(9-11-17)18-12-14(2)6-7-16(18)13-20/h6-13H,5H2,1-4H3. The van der Waals surface area contributed by atoms with Crippen LogP contribution >= 0.6 is 0 Å². The van der Waals surface area contributed by atoms with E-state index in [2.05, 4.69) is 51.1 Å². The molecular formula is C19H22O. The number of aldehydes is 1. The van der Waals surface area contributed by atoms with Crippen molar-refractivity contribution in [1.29, 1.82) is 0 Å². The third kappa shape index (κ3) is 2.82. The summed E-state index contributed by atoms with van der Waals surface area (Å²) in [5, 5.41) is 0. The first-order valence-electron chi connectivity index (χ1n) is 7.14. The van der Waals surface area contributed by atoms with Gasteiger partial charge in [0.2, 0.25) is 0 Å². The minimum absolute atomic E-state index is 0.193. The fourth-order valence-corrected chi connectivity index (χ4v) is 2.33. The molecule has 1 heteroatoms. The molecule has 0 saturated heterocycles. The van der Waals surface area contributed by atoms with Crippen molar-refractivity contribution in [3.8, 4) is 11.1 Å². The van der Waals surface area contributed by atoms with E-state index in [4.69, 9.17) is 0 Å². The largest absolute Gasteiger partial charge is 0.298 e. The summed E-state index contributed by atoms with van der Waals surface area (Å²) in [6, 6.07) is 14.5. The Hall–Kier alpha value is -1.89. The Morgan fingerprint density at radius 3 is 2.25 bits per heavy atom. The lowest BCUT2D eigenvalue weighted by atomic mass is 9.81. The van der Waals surface area contributed by atoms with Crippen molar-refractivity contribution in [3.63, 3.8) is 0 Å². The number of hydrogen-bond acceptors (Lipinski definition) is 1. The van der Waals surface area contributed by atoms with Crippen molar-refractivity contribution in [2.75, 3.05) is 0 Å². The van der Waals surface area contributed by atoms with Crippen molar-refractivity contribution >= 4 is 6.29 Å². The van der Waals surface area contributed by atoms with E-state index in [0.717, 1.165) is 29.4 Å². The Morgan fingerprint density at radius 2 is 1.70 bits per heavy atom. The van der Waals surface area contributed by atoms with Gasteiger partial charge in [-0.05, 0) is 35.4 Å². The molecule has 0 aromatic heterocycles. The maximum absolute atomic E-state index is 11.2. The van der Waals surface area contributed by atoms with Crippen LogP contribution in [0.5, 0.6) is 0 Å². The smallest absolute Gasteiger partial charge is 0.150 e. The van der Waals surface area contributed by atoms with Gasteiger partial charge in [0.1, 0.15) is 0 Å². The van der Waals surface area contributed by atoms with Crippen LogP contribution in [0, 0.1) is 6.92 Å². The van der Waals surface area contributed by atoms with Crippen LogP contribution in [-0.4, -0.2) is 6.29 Å². The van der Waals surface area contributed by atoms with Crippen LogP contribution in [-0.2, 0) is 5.41 Å². The lowest BCUT2D eigenvalue weighted by Crippen LogP contribution is -2.14. The number of hydrogen-bond donors (Lipinski definition) is 0. The minimum Gasteiger partial charge on any atom is -0.298 e. The second-order valence-electron chi connectivity index (χ2n) is 6.02. The highest BCUT2D eigenvalue weighted by Gasteiger charge is 2.17. The first kappa shape index (κ1) is 14.5. The second kappa shape index (κ2) is 5.62. The molecule has 0 aliphatic rings. The number of carbonyl (C=O) groups excluding carboxylic acids is 1. The van der Waals surface area contributed by atoms with Gasteiger partial charge in [-0.3, -0.25) is 4.79 Å². The molecule has 20 heavy (non-hydrogen) atoms. The van der Waals surface area contributed by atoms with Gasteiger partial charge in [0.15, 0.2) is 6.29 Å². The van der Waals surface area contributed by atoms with Gasteiger partial charge in [0.05, 0.1) is 0 Å². The maximum atomic E-state index is 11.2. The molecule has 0 saturated carbocycles. The Morgan fingerprint density at radius 1 is 1.05 bits per heavy atom. The Kier molecular flexibility index (Phi) is 4.08. The zero-order valence-electron chi connectivity index (χ0n) is 12.7. The molecule has 0 bridgehead atoms. The predicted octanol–water partition coefficient (Wildman–Crippen LogP) is 5.16. The molecule has 0 atom stereocenters. The highest BCUT2D eigenvalue weighted by Crippen LogP contribution is 2.30. The molecule has 2 aromatic carbocycles. The quantitative estimate of drug-likeness (QED) is 0.698. The summed E-state index contributed by atoms with van der Waals surface area (Å²) in [6.45, 7) is 8.77. The van der Waals surface area contributed by atoms with E-state index in [1.54, 1.807) is 0 Å². The van der Waals surface area contributed by atoms with Gasteiger partial charge in [0, 0.05) is 5.56 Å². The molecule has 0 heterocycles. The summed E-state index contributed by atoms with van der Waals surface area (Å²) in [4.78, 5) is 11.2. The fraction of sp³-hybridized carbons (Fsp3) is 0.316. The Labute approximate surface area is 121 Å². The number of aryl methyl sites for hydroxylation is 1. The van der Waals surface area contributed by atoms with E-state index < -0.39 is 0 Å². The average Bonchev–Trinajstić information content (AvgIpc) is 2.47. The SMILES string of the molecule is CCC(C)(C)c1ccc(-c2cc(C)ccc2C=O)cc1. The van der Waals surface area contributed by atoms with Crippen molar-refractivity contribution in [2.45, 2.75) is 39.5 Å². The summed E-state index contributed by atoms with van der Waals surface area (Å²) >= 11 is 0. The van der Waals surface area contributed by atoms with Gasteiger partial charge in [-0.1, -0.05) is 68.8 Å². The van der Waals surface area contributed by atoms with Crippen LogP contribution in [0.15, 0.2) is 42.5 Å². The van der Waals surface area contributed by atoms with Gasteiger partial charge >= 0.3 is 0 Å². The highest BCUT2D eigenvalue weighted by molar-refractivity contribution is 5.87. The fourth-order valence-electron chi connectivity index (χ4n) is 2.33.